The summed E-state index contributed by atoms with van der Waals surface area (Å²) in [5.74, 6) is 0.605. The van der Waals surface area contributed by atoms with E-state index in [2.05, 4.69) is 35.2 Å². The van der Waals surface area contributed by atoms with Crippen LogP contribution in [0.5, 0.6) is 0 Å². The van der Waals surface area contributed by atoms with Crippen LogP contribution in [-0.2, 0) is 0 Å². The highest BCUT2D eigenvalue weighted by atomic mass is 16.1. The van der Waals surface area contributed by atoms with Crippen LogP contribution >= 0.6 is 0 Å². The topological polar surface area (TPSA) is 112 Å². The van der Waals surface area contributed by atoms with Crippen LogP contribution in [0.1, 0.15) is 18.7 Å². The van der Waals surface area contributed by atoms with Gasteiger partial charge in [0.25, 0.3) is 5.56 Å². The highest BCUT2D eigenvalue weighted by Crippen LogP contribution is 2.27. The third-order valence-electron chi connectivity index (χ3n) is 4.90. The molecule has 1 aromatic carbocycles. The van der Waals surface area contributed by atoms with Gasteiger partial charge < -0.3 is 15.3 Å². The maximum absolute atomic E-state index is 13.0. The Hall–Kier alpha value is -4.07. The van der Waals surface area contributed by atoms with Crippen LogP contribution in [0.3, 0.4) is 0 Å². The third-order valence-corrected chi connectivity index (χ3v) is 4.90. The van der Waals surface area contributed by atoms with Crippen LogP contribution in [0.25, 0.3) is 33.1 Å². The van der Waals surface area contributed by atoms with Crippen LogP contribution in [-0.4, -0.2) is 29.9 Å². The highest BCUT2D eigenvalue weighted by Gasteiger charge is 2.15. The lowest BCUT2D eigenvalue weighted by molar-refractivity contribution is 0.830. The molecule has 29 heavy (non-hydrogen) atoms. The molecule has 1 atom stereocenters. The Morgan fingerprint density at radius 1 is 1.10 bits per heavy atom. The van der Waals surface area contributed by atoms with Crippen molar-refractivity contribution in [2.75, 3.05) is 5.32 Å². The summed E-state index contributed by atoms with van der Waals surface area (Å²) in [6.45, 7) is 1.96. The van der Waals surface area contributed by atoms with Gasteiger partial charge in [-0.15, -0.1) is 0 Å². The molecule has 5 rings (SSSR count). The lowest BCUT2D eigenvalue weighted by atomic mass is 9.99. The number of H-pyrrole nitrogens is 2. The van der Waals surface area contributed by atoms with E-state index in [1.807, 2.05) is 43.3 Å². The normalized spacial score (nSPS) is 12.3. The predicted octanol–water partition coefficient (Wildman–Crippen LogP) is 3.43. The summed E-state index contributed by atoms with van der Waals surface area (Å²) in [5.41, 5.74) is 3.69. The summed E-state index contributed by atoms with van der Waals surface area (Å²) < 4.78 is 0. The standard InChI is InChI=1S/C21H17N7O/c1-12(27-20-18-19(24-10-23-18)25-11-26-20)16-8-13-4-2-6-15(17(13)21(29)28-16)14-5-3-7-22-9-14/h2-12H,1H3,(H,28,29)(H2,23,24,25,26,27)/t12-/m0/s1. The molecule has 0 aliphatic carbocycles. The van der Waals surface area contributed by atoms with Crippen LogP contribution < -0.4 is 10.9 Å². The lowest BCUT2D eigenvalue weighted by Gasteiger charge is -2.16. The first kappa shape index (κ1) is 17.1. The first-order valence-electron chi connectivity index (χ1n) is 9.17. The van der Waals surface area contributed by atoms with Gasteiger partial charge in [-0.3, -0.25) is 9.78 Å². The van der Waals surface area contributed by atoms with E-state index in [-0.39, 0.29) is 11.6 Å². The van der Waals surface area contributed by atoms with Crippen molar-refractivity contribution in [1.82, 2.24) is 29.9 Å². The van der Waals surface area contributed by atoms with Gasteiger partial charge in [0.15, 0.2) is 11.5 Å². The molecule has 0 spiro atoms. The molecule has 0 fully saturated rings. The van der Waals surface area contributed by atoms with Crippen LogP contribution in [0.4, 0.5) is 5.82 Å². The molecule has 0 saturated heterocycles. The molecule has 0 saturated carbocycles. The lowest BCUT2D eigenvalue weighted by Crippen LogP contribution is -2.16. The third kappa shape index (κ3) is 3.00. The maximum Gasteiger partial charge on any atom is 0.256 e. The van der Waals surface area contributed by atoms with Crippen molar-refractivity contribution in [2.24, 2.45) is 0 Å². The molecule has 8 nitrogen and oxygen atoms in total. The van der Waals surface area contributed by atoms with Crippen LogP contribution in [0.2, 0.25) is 0 Å². The van der Waals surface area contributed by atoms with Gasteiger partial charge in [0.1, 0.15) is 11.8 Å². The average Bonchev–Trinajstić information content (AvgIpc) is 3.24. The molecular weight excluding hydrogens is 366 g/mol. The zero-order valence-corrected chi connectivity index (χ0v) is 15.5. The number of imidazole rings is 1. The number of fused-ring (bicyclic) bond motifs is 2. The van der Waals surface area contributed by atoms with Gasteiger partial charge in [0.05, 0.1) is 17.8 Å². The van der Waals surface area contributed by atoms with E-state index in [0.29, 0.717) is 22.4 Å². The van der Waals surface area contributed by atoms with E-state index in [4.69, 9.17) is 0 Å². The Bertz CT molecular complexity index is 1370. The Morgan fingerprint density at radius 3 is 2.90 bits per heavy atom. The Kier molecular flexibility index (Phi) is 4.02. The van der Waals surface area contributed by atoms with Crippen molar-refractivity contribution in [3.05, 3.63) is 77.5 Å². The minimum absolute atomic E-state index is 0.141. The monoisotopic (exact) mass is 383 g/mol. The zero-order valence-electron chi connectivity index (χ0n) is 15.5. The number of hydrogen-bond donors (Lipinski definition) is 3. The molecular formula is C21H17N7O. The minimum atomic E-state index is -0.191. The van der Waals surface area contributed by atoms with Crippen molar-refractivity contribution in [1.29, 1.82) is 0 Å². The second-order valence-electron chi connectivity index (χ2n) is 6.75. The fourth-order valence-corrected chi connectivity index (χ4v) is 3.49. The molecule has 0 amide bonds. The Labute approximate surface area is 165 Å². The van der Waals surface area contributed by atoms with Gasteiger partial charge in [0.2, 0.25) is 0 Å². The number of aromatic nitrogens is 6. The second-order valence-corrected chi connectivity index (χ2v) is 6.75. The molecule has 0 aliphatic rings. The van der Waals surface area contributed by atoms with Gasteiger partial charge in [-0.2, -0.15) is 0 Å². The summed E-state index contributed by atoms with van der Waals surface area (Å²) in [6.07, 6.45) is 6.52. The van der Waals surface area contributed by atoms with Gasteiger partial charge in [-0.1, -0.05) is 24.3 Å². The number of hydrogen-bond acceptors (Lipinski definition) is 6. The first-order chi connectivity index (χ1) is 14.2. The van der Waals surface area contributed by atoms with E-state index >= 15 is 0 Å². The van der Waals surface area contributed by atoms with E-state index in [1.54, 1.807) is 18.7 Å². The molecule has 0 unspecified atom stereocenters. The Morgan fingerprint density at radius 2 is 2.03 bits per heavy atom. The first-order valence-corrected chi connectivity index (χ1v) is 9.17. The van der Waals surface area contributed by atoms with Crippen molar-refractivity contribution in [2.45, 2.75) is 13.0 Å². The SMILES string of the molecule is C[C@H](Nc1ncnc2[nH]cnc12)c1cc2cccc(-c3cccnc3)c2c(=O)[nH]1. The minimum Gasteiger partial charge on any atom is -0.360 e. The largest absolute Gasteiger partial charge is 0.360 e. The number of nitrogens with zero attached hydrogens (tertiary/aromatic N) is 4. The molecule has 0 bridgehead atoms. The van der Waals surface area contributed by atoms with Crippen molar-refractivity contribution >= 4 is 27.8 Å². The quantitative estimate of drug-likeness (QED) is 0.438. The van der Waals surface area contributed by atoms with Gasteiger partial charge in [0, 0.05) is 23.7 Å². The molecule has 4 aromatic heterocycles. The van der Waals surface area contributed by atoms with E-state index in [9.17, 15) is 4.79 Å². The average molecular weight is 383 g/mol. The van der Waals surface area contributed by atoms with Crippen molar-refractivity contribution in [3.63, 3.8) is 0 Å². The van der Waals surface area contributed by atoms with Crippen LogP contribution in [0, 0.1) is 0 Å². The highest BCUT2D eigenvalue weighted by molar-refractivity contribution is 5.96. The van der Waals surface area contributed by atoms with Crippen LogP contribution in [0.15, 0.2) is 66.2 Å². The summed E-state index contributed by atoms with van der Waals surface area (Å²) in [7, 11) is 0. The van der Waals surface area contributed by atoms with E-state index < -0.39 is 0 Å². The molecule has 0 aliphatic heterocycles. The van der Waals surface area contributed by atoms with E-state index in [0.717, 1.165) is 22.2 Å². The van der Waals surface area contributed by atoms with Crippen molar-refractivity contribution in [3.8, 4) is 11.1 Å². The maximum atomic E-state index is 13.0. The fraction of sp³-hybridized carbons (Fsp3) is 0.0952. The van der Waals surface area contributed by atoms with Gasteiger partial charge in [-0.05, 0) is 30.0 Å². The summed E-state index contributed by atoms with van der Waals surface area (Å²) in [6, 6.07) is 11.4. The predicted molar refractivity (Wildman–Crippen MR) is 112 cm³/mol. The number of rotatable bonds is 4. The van der Waals surface area contributed by atoms with Crippen molar-refractivity contribution < 1.29 is 0 Å². The van der Waals surface area contributed by atoms with Gasteiger partial charge in [-0.25, -0.2) is 15.0 Å². The summed E-state index contributed by atoms with van der Waals surface area (Å²) >= 11 is 0. The second kappa shape index (κ2) is 6.83. The summed E-state index contributed by atoms with van der Waals surface area (Å²) in [4.78, 5) is 35.8. The Balaban J connectivity index is 1.56. The molecule has 4 heterocycles. The molecule has 3 N–H and O–H groups in total. The smallest absolute Gasteiger partial charge is 0.256 e. The number of pyridine rings is 2. The molecule has 8 heteroatoms. The molecule has 5 aromatic rings. The number of nitrogens with one attached hydrogen (secondary N) is 3. The van der Waals surface area contributed by atoms with Gasteiger partial charge >= 0.3 is 0 Å². The number of benzene rings is 1. The summed E-state index contributed by atoms with van der Waals surface area (Å²) in [5, 5.41) is 4.83. The molecule has 0 radical (unpaired) electrons. The zero-order chi connectivity index (χ0) is 19.8. The number of anilines is 1. The molecule has 142 valence electrons. The fourth-order valence-electron chi connectivity index (χ4n) is 3.49. The van der Waals surface area contributed by atoms with E-state index in [1.165, 1.54) is 6.33 Å². The number of aromatic amines is 2.